The van der Waals surface area contributed by atoms with Gasteiger partial charge in [0.05, 0.1) is 16.9 Å². The van der Waals surface area contributed by atoms with E-state index in [0.717, 1.165) is 6.54 Å². The molecule has 0 spiro atoms. The van der Waals surface area contributed by atoms with Crippen LogP contribution in [0.3, 0.4) is 0 Å². The lowest BCUT2D eigenvalue weighted by Gasteiger charge is -2.34. The summed E-state index contributed by atoms with van der Waals surface area (Å²) in [6.07, 6.45) is 2.24. The molecular formula is C27H23BN3+. The third kappa shape index (κ3) is 2.17. The molecule has 7 rings (SSSR count). The van der Waals surface area contributed by atoms with Gasteiger partial charge in [-0.2, -0.15) is 4.57 Å². The van der Waals surface area contributed by atoms with Gasteiger partial charge < -0.3 is 9.62 Å². The van der Waals surface area contributed by atoms with E-state index in [0.29, 0.717) is 5.92 Å². The Hall–Kier alpha value is -3.53. The first kappa shape index (κ1) is 17.2. The smallest absolute Gasteiger partial charge is 0.360 e. The summed E-state index contributed by atoms with van der Waals surface area (Å²) in [5, 5.41) is 0. The van der Waals surface area contributed by atoms with Gasteiger partial charge in [-0.25, -0.2) is 0 Å². The Kier molecular flexibility index (Phi) is 3.33. The second kappa shape index (κ2) is 6.01. The zero-order valence-electron chi connectivity index (χ0n) is 17.8. The van der Waals surface area contributed by atoms with E-state index in [1.165, 1.54) is 50.6 Å². The van der Waals surface area contributed by atoms with Gasteiger partial charge in [0.2, 0.25) is 5.69 Å². The molecule has 0 unspecified atom stereocenters. The monoisotopic (exact) mass is 400 g/mol. The van der Waals surface area contributed by atoms with Gasteiger partial charge in [-0.15, -0.1) is 0 Å². The molecule has 3 nitrogen and oxygen atoms in total. The first-order valence-corrected chi connectivity index (χ1v) is 11.1. The van der Waals surface area contributed by atoms with Gasteiger partial charge >= 0.3 is 6.98 Å². The number of hydrogen-bond acceptors (Lipinski definition) is 2. The highest BCUT2D eigenvalue weighted by atomic mass is 15.3. The van der Waals surface area contributed by atoms with Crippen molar-refractivity contribution >= 4 is 35.2 Å². The molecule has 0 radical (unpaired) electrons. The van der Waals surface area contributed by atoms with Crippen LogP contribution in [0, 0.1) is 0 Å². The second-order valence-corrected chi connectivity index (χ2v) is 9.11. The number of rotatable bonds is 2. The molecule has 0 amide bonds. The minimum absolute atomic E-state index is 0.114. The largest absolute Gasteiger partial charge is 0.427 e. The van der Waals surface area contributed by atoms with Gasteiger partial charge in [0.15, 0.2) is 12.7 Å². The summed E-state index contributed by atoms with van der Waals surface area (Å²) in [6.45, 7) is 5.66. The maximum atomic E-state index is 2.57. The fourth-order valence-electron chi connectivity index (χ4n) is 5.67. The summed E-state index contributed by atoms with van der Waals surface area (Å²) in [6, 6.07) is 29.1. The number of hydrogen-bond donors (Lipinski definition) is 0. The van der Waals surface area contributed by atoms with Gasteiger partial charge in [0, 0.05) is 28.5 Å². The number of aromatic nitrogens is 1. The minimum Gasteiger partial charge on any atom is -0.360 e. The molecular weight excluding hydrogens is 377 g/mol. The molecule has 4 aromatic rings. The topological polar surface area (TPSA) is 10.4 Å². The van der Waals surface area contributed by atoms with Crippen molar-refractivity contribution in [2.75, 3.05) is 9.62 Å². The fourth-order valence-corrected chi connectivity index (χ4v) is 5.67. The van der Waals surface area contributed by atoms with Crippen LogP contribution in [0.5, 0.6) is 0 Å². The van der Waals surface area contributed by atoms with Crippen LogP contribution in [0.4, 0.5) is 22.7 Å². The maximum Gasteiger partial charge on any atom is 0.427 e. The normalized spacial score (nSPS) is 14.7. The standard InChI is InChI=1S/C27H23BN3/c1-18(2)19-15-20-17-29-14-8-11-22-27(29)26(20)25(16-19)31-24-13-7-6-12-23(24)30(28(22)31)21-9-4-3-5-10-21/h3-16,18H,17H2,1-2H3/q+1. The summed E-state index contributed by atoms with van der Waals surface area (Å²) < 4.78 is 2.44. The highest BCUT2D eigenvalue weighted by Crippen LogP contribution is 2.52. The summed E-state index contributed by atoms with van der Waals surface area (Å²) in [5.74, 6) is 0.498. The van der Waals surface area contributed by atoms with E-state index in [4.69, 9.17) is 0 Å². The quantitative estimate of drug-likeness (QED) is 0.301. The summed E-state index contributed by atoms with van der Waals surface area (Å²) in [5.41, 5.74) is 12.2. The number of anilines is 4. The number of pyridine rings is 1. The fraction of sp³-hybridized carbons (Fsp3) is 0.148. The van der Waals surface area contributed by atoms with Crippen LogP contribution in [-0.2, 0) is 6.54 Å². The molecule has 148 valence electrons. The lowest BCUT2D eigenvalue weighted by atomic mass is 9.60. The average Bonchev–Trinajstić information content (AvgIpc) is 3.35. The molecule has 31 heavy (non-hydrogen) atoms. The minimum atomic E-state index is 0.114. The molecule has 0 aliphatic carbocycles. The Labute approximate surface area is 183 Å². The molecule has 0 saturated heterocycles. The van der Waals surface area contributed by atoms with Crippen molar-refractivity contribution in [2.24, 2.45) is 0 Å². The average molecular weight is 400 g/mol. The number of fused-ring (bicyclic) bond motifs is 5. The predicted octanol–water partition coefficient (Wildman–Crippen LogP) is 5.12. The molecule has 0 N–H and O–H groups in total. The first-order chi connectivity index (χ1) is 15.2. The molecule has 4 heterocycles. The van der Waals surface area contributed by atoms with Crippen LogP contribution in [0.1, 0.15) is 30.9 Å². The maximum absolute atomic E-state index is 2.57. The van der Waals surface area contributed by atoms with E-state index in [-0.39, 0.29) is 6.98 Å². The molecule has 3 aliphatic heterocycles. The van der Waals surface area contributed by atoms with Crippen molar-refractivity contribution in [1.82, 2.24) is 0 Å². The highest BCUT2D eigenvalue weighted by Gasteiger charge is 2.52. The van der Waals surface area contributed by atoms with Crippen molar-refractivity contribution in [2.45, 2.75) is 26.3 Å². The van der Waals surface area contributed by atoms with E-state index in [2.05, 4.69) is 113 Å². The van der Waals surface area contributed by atoms with E-state index < -0.39 is 0 Å². The number of benzene rings is 3. The van der Waals surface area contributed by atoms with Gasteiger partial charge in [-0.05, 0) is 47.9 Å². The summed E-state index contributed by atoms with van der Waals surface area (Å²) in [7, 11) is 0. The van der Waals surface area contributed by atoms with E-state index in [1.54, 1.807) is 0 Å². The number of nitrogens with zero attached hydrogens (tertiary/aromatic N) is 3. The molecule has 4 heteroatoms. The molecule has 0 atom stereocenters. The van der Waals surface area contributed by atoms with Crippen LogP contribution in [-0.4, -0.2) is 6.98 Å². The Morgan fingerprint density at radius 2 is 1.55 bits per heavy atom. The molecule has 3 aromatic carbocycles. The van der Waals surface area contributed by atoms with Gasteiger partial charge in [0.1, 0.15) is 0 Å². The van der Waals surface area contributed by atoms with Crippen molar-refractivity contribution in [1.29, 1.82) is 0 Å². The van der Waals surface area contributed by atoms with Crippen molar-refractivity contribution in [3.8, 4) is 11.3 Å². The van der Waals surface area contributed by atoms with E-state index in [9.17, 15) is 0 Å². The van der Waals surface area contributed by atoms with Gasteiger partial charge in [-0.3, -0.25) is 0 Å². The Morgan fingerprint density at radius 1 is 0.806 bits per heavy atom. The van der Waals surface area contributed by atoms with Crippen LogP contribution in [0.2, 0.25) is 0 Å². The Morgan fingerprint density at radius 3 is 2.32 bits per heavy atom. The number of para-hydroxylation sites is 3. The third-order valence-corrected chi connectivity index (χ3v) is 7.03. The Balaban J connectivity index is 1.58. The van der Waals surface area contributed by atoms with Crippen LogP contribution >= 0.6 is 0 Å². The van der Waals surface area contributed by atoms with Gasteiger partial charge in [-0.1, -0.05) is 50.2 Å². The lowest BCUT2D eigenvalue weighted by Crippen LogP contribution is -2.58. The Bertz CT molecular complexity index is 1360. The third-order valence-electron chi connectivity index (χ3n) is 7.03. The molecule has 0 bridgehead atoms. The molecule has 0 fully saturated rings. The molecule has 0 saturated carbocycles. The first-order valence-electron chi connectivity index (χ1n) is 11.1. The zero-order valence-corrected chi connectivity index (χ0v) is 17.8. The zero-order chi connectivity index (χ0) is 20.7. The predicted molar refractivity (Wildman–Crippen MR) is 128 cm³/mol. The van der Waals surface area contributed by atoms with Crippen LogP contribution in [0.15, 0.2) is 85.1 Å². The van der Waals surface area contributed by atoms with Gasteiger partial charge in [0.25, 0.3) is 0 Å². The van der Waals surface area contributed by atoms with E-state index >= 15 is 0 Å². The van der Waals surface area contributed by atoms with Crippen LogP contribution in [0.25, 0.3) is 11.3 Å². The summed E-state index contributed by atoms with van der Waals surface area (Å²) in [4.78, 5) is 5.08. The van der Waals surface area contributed by atoms with Crippen molar-refractivity contribution < 1.29 is 4.57 Å². The highest BCUT2D eigenvalue weighted by molar-refractivity contribution is 6.86. The molecule has 3 aliphatic rings. The van der Waals surface area contributed by atoms with Crippen molar-refractivity contribution in [3.63, 3.8) is 0 Å². The SMILES string of the molecule is CC(C)c1cc2c3c(c1)N1B(c4ccc[n+](c4-3)C2)N(c2ccccc2)c2ccccc21. The summed E-state index contributed by atoms with van der Waals surface area (Å²) >= 11 is 0. The van der Waals surface area contributed by atoms with Crippen LogP contribution < -0.4 is 19.7 Å². The van der Waals surface area contributed by atoms with E-state index in [1.807, 2.05) is 0 Å². The lowest BCUT2D eigenvalue weighted by molar-refractivity contribution is -0.671. The van der Waals surface area contributed by atoms with Crippen molar-refractivity contribution in [3.05, 3.63) is 96.2 Å². The molecule has 1 aromatic heterocycles. The second-order valence-electron chi connectivity index (χ2n) is 9.11.